The molecule has 0 radical (unpaired) electrons. The number of nitrogens with one attached hydrogen (secondary N) is 1. The van der Waals surface area contributed by atoms with Crippen LogP contribution in [0.25, 0.3) is 0 Å². The molecular weight excluding hydrogens is 290 g/mol. The highest BCUT2D eigenvalue weighted by Gasteiger charge is 2.31. The van der Waals surface area contributed by atoms with Gasteiger partial charge in [0.1, 0.15) is 5.75 Å². The zero-order chi connectivity index (χ0) is 14.9. The predicted molar refractivity (Wildman–Crippen MR) is 77.3 cm³/mol. The highest BCUT2D eigenvalue weighted by molar-refractivity contribution is 7.85. The number of benzene rings is 2. The Morgan fingerprint density at radius 1 is 1.05 bits per heavy atom. The Balaban J connectivity index is 1.90. The molecular formula is C15H13NO4S. The highest BCUT2D eigenvalue weighted by atomic mass is 32.2. The molecule has 1 aliphatic rings. The molecule has 3 rings (SSSR count). The monoisotopic (exact) mass is 303 g/mol. The fourth-order valence-electron chi connectivity index (χ4n) is 2.30. The van der Waals surface area contributed by atoms with Crippen LogP contribution in [0.4, 0.5) is 0 Å². The summed E-state index contributed by atoms with van der Waals surface area (Å²) < 4.78 is 30.7. The van der Waals surface area contributed by atoms with Gasteiger partial charge < -0.3 is 4.18 Å². The van der Waals surface area contributed by atoms with E-state index in [-0.39, 0.29) is 18.0 Å². The third kappa shape index (κ3) is 2.96. The fourth-order valence-corrected chi connectivity index (χ4v) is 3.30. The first-order valence-electron chi connectivity index (χ1n) is 6.44. The number of hydrogen-bond acceptors (Lipinski definition) is 4. The summed E-state index contributed by atoms with van der Waals surface area (Å²) >= 11 is 0. The Morgan fingerprint density at radius 2 is 1.71 bits per heavy atom. The first-order valence-corrected chi connectivity index (χ1v) is 7.85. The van der Waals surface area contributed by atoms with E-state index in [1.54, 1.807) is 48.5 Å². The number of hydrogen-bond donors (Lipinski definition) is 1. The summed E-state index contributed by atoms with van der Waals surface area (Å²) in [7, 11) is -3.88. The molecule has 0 fully saturated rings. The molecule has 1 N–H and O–H groups in total. The molecule has 6 heteroatoms. The van der Waals surface area contributed by atoms with E-state index in [0.29, 0.717) is 11.1 Å². The van der Waals surface area contributed by atoms with E-state index in [9.17, 15) is 13.2 Å². The fraction of sp³-hybridized carbons (Fsp3) is 0.133. The molecule has 1 aliphatic heterocycles. The van der Waals surface area contributed by atoms with Crippen LogP contribution in [0, 0.1) is 0 Å². The lowest BCUT2D eigenvalue weighted by molar-refractivity contribution is 0.0971. The van der Waals surface area contributed by atoms with Gasteiger partial charge in [0.2, 0.25) is 0 Å². The molecule has 0 aromatic heterocycles. The van der Waals surface area contributed by atoms with Crippen LogP contribution in [-0.4, -0.2) is 14.2 Å². The van der Waals surface area contributed by atoms with Gasteiger partial charge in [-0.05, 0) is 6.07 Å². The van der Waals surface area contributed by atoms with Crippen LogP contribution in [0.3, 0.4) is 0 Å². The molecule has 5 nitrogen and oxygen atoms in total. The van der Waals surface area contributed by atoms with Crippen LogP contribution < -0.4 is 8.91 Å². The van der Waals surface area contributed by atoms with Gasteiger partial charge in [-0.1, -0.05) is 48.5 Å². The molecule has 0 aliphatic carbocycles. The van der Waals surface area contributed by atoms with Crippen molar-refractivity contribution >= 4 is 16.1 Å². The van der Waals surface area contributed by atoms with E-state index >= 15 is 0 Å². The number of rotatable bonds is 3. The van der Waals surface area contributed by atoms with Gasteiger partial charge in [0, 0.05) is 17.5 Å². The Kier molecular flexibility index (Phi) is 3.48. The van der Waals surface area contributed by atoms with Crippen molar-refractivity contribution in [2.24, 2.45) is 0 Å². The number of para-hydroxylation sites is 1. The van der Waals surface area contributed by atoms with Crippen LogP contribution in [0.2, 0.25) is 0 Å². The van der Waals surface area contributed by atoms with Crippen LogP contribution in [0.15, 0.2) is 54.6 Å². The van der Waals surface area contributed by atoms with E-state index in [1.165, 1.54) is 0 Å². The van der Waals surface area contributed by atoms with E-state index in [0.717, 1.165) is 0 Å². The molecule has 0 saturated carbocycles. The number of carbonyl (C=O) groups excluding carboxylic acids is 1. The van der Waals surface area contributed by atoms with E-state index in [1.807, 2.05) is 6.07 Å². The molecule has 0 unspecified atom stereocenters. The lowest BCUT2D eigenvalue weighted by Crippen LogP contribution is -2.37. The molecule has 2 aromatic carbocycles. The minimum absolute atomic E-state index is 0.0453. The van der Waals surface area contributed by atoms with Gasteiger partial charge in [-0.15, -0.1) is 0 Å². The molecule has 0 saturated heterocycles. The van der Waals surface area contributed by atoms with Gasteiger partial charge in [-0.3, -0.25) is 4.79 Å². The summed E-state index contributed by atoms with van der Waals surface area (Å²) in [5.41, 5.74) is 1.22. The lowest BCUT2D eigenvalue weighted by Gasteiger charge is -2.25. The molecule has 1 heterocycles. The van der Waals surface area contributed by atoms with Crippen molar-refractivity contribution in [3.8, 4) is 5.75 Å². The predicted octanol–water partition coefficient (Wildman–Crippen LogP) is 2.23. The van der Waals surface area contributed by atoms with Crippen molar-refractivity contribution in [3.05, 3.63) is 65.7 Å². The van der Waals surface area contributed by atoms with Crippen molar-refractivity contribution in [2.45, 2.75) is 12.5 Å². The Bertz CT molecular complexity index is 771. The molecule has 1 atom stereocenters. The normalized spacial score (nSPS) is 19.3. The van der Waals surface area contributed by atoms with E-state index < -0.39 is 16.3 Å². The molecule has 0 spiro atoms. The Morgan fingerprint density at radius 3 is 2.48 bits per heavy atom. The smallest absolute Gasteiger partial charge is 0.371 e. The zero-order valence-electron chi connectivity index (χ0n) is 11.0. The molecule has 0 bridgehead atoms. The van der Waals surface area contributed by atoms with Gasteiger partial charge in [-0.25, -0.2) is 0 Å². The van der Waals surface area contributed by atoms with Crippen LogP contribution in [-0.2, 0) is 10.3 Å². The first kappa shape index (κ1) is 13.8. The van der Waals surface area contributed by atoms with Gasteiger partial charge in [-0.2, -0.15) is 13.1 Å². The maximum Gasteiger partial charge on any atom is 0.383 e. The molecule has 108 valence electrons. The van der Waals surface area contributed by atoms with Gasteiger partial charge >= 0.3 is 10.3 Å². The number of carbonyl (C=O) groups is 1. The topological polar surface area (TPSA) is 72.5 Å². The van der Waals surface area contributed by atoms with Crippen LogP contribution in [0.1, 0.15) is 28.4 Å². The van der Waals surface area contributed by atoms with E-state index in [4.69, 9.17) is 4.18 Å². The summed E-state index contributed by atoms with van der Waals surface area (Å²) in [4.78, 5) is 12.3. The summed E-state index contributed by atoms with van der Waals surface area (Å²) in [5, 5.41) is 0. The zero-order valence-corrected chi connectivity index (χ0v) is 11.8. The average Bonchev–Trinajstić information content (AvgIpc) is 2.47. The second-order valence-electron chi connectivity index (χ2n) is 4.74. The summed E-state index contributed by atoms with van der Waals surface area (Å²) in [6, 6.07) is 15.0. The molecule has 0 amide bonds. The molecule has 21 heavy (non-hydrogen) atoms. The van der Waals surface area contributed by atoms with Crippen molar-refractivity contribution in [2.75, 3.05) is 0 Å². The van der Waals surface area contributed by atoms with Crippen LogP contribution >= 0.6 is 0 Å². The number of fused-ring (bicyclic) bond motifs is 1. The minimum Gasteiger partial charge on any atom is -0.371 e. The maximum atomic E-state index is 12.3. The summed E-state index contributed by atoms with van der Waals surface area (Å²) in [6.45, 7) is 0. The van der Waals surface area contributed by atoms with Crippen molar-refractivity contribution < 1.29 is 17.4 Å². The average molecular weight is 303 g/mol. The largest absolute Gasteiger partial charge is 0.383 e. The second kappa shape index (κ2) is 5.31. The Labute approximate surface area is 122 Å². The van der Waals surface area contributed by atoms with Crippen molar-refractivity contribution in [3.63, 3.8) is 0 Å². The number of Topliss-reactive ketones (excluding diaryl/α,β-unsaturated/α-hetero) is 1. The lowest BCUT2D eigenvalue weighted by atomic mass is 9.98. The van der Waals surface area contributed by atoms with Crippen molar-refractivity contribution in [1.82, 2.24) is 4.72 Å². The van der Waals surface area contributed by atoms with Crippen LogP contribution in [0.5, 0.6) is 5.75 Å². The van der Waals surface area contributed by atoms with E-state index in [2.05, 4.69) is 4.72 Å². The quantitative estimate of drug-likeness (QED) is 0.883. The second-order valence-corrected chi connectivity index (χ2v) is 6.05. The summed E-state index contributed by atoms with van der Waals surface area (Å²) in [5.74, 6) is 0.141. The maximum absolute atomic E-state index is 12.3. The third-order valence-corrected chi connectivity index (χ3v) is 4.24. The molecule has 2 aromatic rings. The first-order chi connectivity index (χ1) is 10.1. The number of ketones is 1. The third-order valence-electron chi connectivity index (χ3n) is 3.27. The highest BCUT2D eigenvalue weighted by Crippen LogP contribution is 2.33. The van der Waals surface area contributed by atoms with Gasteiger partial charge in [0.25, 0.3) is 0 Å². The standard InChI is InChI=1S/C15H13NO4S/c17-14(11-6-2-1-3-7-11)10-13-12-8-4-5-9-15(12)20-21(18,19)16-13/h1-9,13,16H,10H2/t13-/m1/s1. The SMILES string of the molecule is O=C(C[C@H]1NS(=O)(=O)Oc2ccccc21)c1ccccc1. The van der Waals surface area contributed by atoms with Gasteiger partial charge in [0.15, 0.2) is 5.78 Å². The van der Waals surface area contributed by atoms with Crippen molar-refractivity contribution in [1.29, 1.82) is 0 Å². The Hall–Kier alpha value is -2.18. The van der Waals surface area contributed by atoms with Gasteiger partial charge in [0.05, 0.1) is 6.04 Å². The minimum atomic E-state index is -3.88. The summed E-state index contributed by atoms with van der Waals surface area (Å²) in [6.07, 6.45) is 0.0453.